The lowest BCUT2D eigenvalue weighted by atomic mass is 9.80. The van der Waals surface area contributed by atoms with E-state index < -0.39 is 0 Å². The third kappa shape index (κ3) is 2.78. The summed E-state index contributed by atoms with van der Waals surface area (Å²) >= 11 is 0. The first kappa shape index (κ1) is 12.4. The van der Waals surface area contributed by atoms with E-state index in [1.807, 2.05) is 6.92 Å². The van der Waals surface area contributed by atoms with Gasteiger partial charge in [-0.25, -0.2) is 0 Å². The molecule has 2 heteroatoms. The Morgan fingerprint density at radius 2 is 1.75 bits per heavy atom. The number of nitrogens with zero attached hydrogens (tertiary/aromatic N) is 1. The largest absolute Gasteiger partial charge is 0.393 e. The van der Waals surface area contributed by atoms with E-state index in [-0.39, 0.29) is 6.10 Å². The molecule has 16 heavy (non-hydrogen) atoms. The van der Waals surface area contributed by atoms with Crippen LogP contribution >= 0.6 is 0 Å². The monoisotopic (exact) mass is 225 g/mol. The standard InChI is InChI=1S/C14H27NO/c1-10-6-11(2)8-14(7-10)15-5-4-13(9-15)12(3)16/h10-14,16H,4-9H2,1-3H3. The van der Waals surface area contributed by atoms with Crippen LogP contribution in [0, 0.1) is 17.8 Å². The van der Waals surface area contributed by atoms with Gasteiger partial charge in [0.05, 0.1) is 6.10 Å². The number of rotatable bonds is 2. The smallest absolute Gasteiger partial charge is 0.0552 e. The zero-order valence-corrected chi connectivity index (χ0v) is 11.0. The number of hydrogen-bond donors (Lipinski definition) is 1. The molecule has 1 N–H and O–H groups in total. The first-order valence-corrected chi connectivity index (χ1v) is 6.98. The number of aliphatic hydroxyl groups excluding tert-OH is 1. The van der Waals surface area contributed by atoms with Crippen molar-refractivity contribution in [3.05, 3.63) is 0 Å². The lowest BCUT2D eigenvalue weighted by molar-refractivity contribution is 0.101. The highest BCUT2D eigenvalue weighted by molar-refractivity contribution is 4.87. The highest BCUT2D eigenvalue weighted by atomic mass is 16.3. The summed E-state index contributed by atoms with van der Waals surface area (Å²) in [5.41, 5.74) is 0. The fraction of sp³-hybridized carbons (Fsp3) is 1.00. The van der Waals surface area contributed by atoms with Gasteiger partial charge in [-0.3, -0.25) is 4.90 Å². The average Bonchev–Trinajstić information content (AvgIpc) is 2.64. The second-order valence-electron chi connectivity index (χ2n) is 6.36. The Bertz CT molecular complexity index is 219. The molecule has 2 aliphatic rings. The summed E-state index contributed by atoms with van der Waals surface area (Å²) in [5.74, 6) is 2.30. The molecule has 0 aromatic rings. The summed E-state index contributed by atoms with van der Waals surface area (Å²) in [7, 11) is 0. The Balaban J connectivity index is 1.88. The highest BCUT2D eigenvalue weighted by Crippen LogP contribution is 2.34. The first-order chi connectivity index (χ1) is 7.56. The van der Waals surface area contributed by atoms with Crippen molar-refractivity contribution in [2.45, 2.75) is 58.6 Å². The quantitative estimate of drug-likeness (QED) is 0.780. The van der Waals surface area contributed by atoms with E-state index in [1.54, 1.807) is 0 Å². The minimum absolute atomic E-state index is 0.122. The van der Waals surface area contributed by atoms with Crippen LogP contribution in [0.5, 0.6) is 0 Å². The van der Waals surface area contributed by atoms with Crippen molar-refractivity contribution in [1.29, 1.82) is 0 Å². The average molecular weight is 225 g/mol. The summed E-state index contributed by atoms with van der Waals surface area (Å²) < 4.78 is 0. The molecule has 0 aromatic heterocycles. The number of likely N-dealkylation sites (tertiary alicyclic amines) is 1. The second kappa shape index (κ2) is 5.05. The van der Waals surface area contributed by atoms with E-state index in [0.717, 1.165) is 24.4 Å². The fourth-order valence-corrected chi connectivity index (χ4v) is 3.74. The molecule has 0 bridgehead atoms. The van der Waals surface area contributed by atoms with Crippen molar-refractivity contribution in [3.63, 3.8) is 0 Å². The van der Waals surface area contributed by atoms with Crippen LogP contribution in [0.3, 0.4) is 0 Å². The second-order valence-corrected chi connectivity index (χ2v) is 6.36. The van der Waals surface area contributed by atoms with E-state index in [2.05, 4.69) is 18.7 Å². The van der Waals surface area contributed by atoms with E-state index in [1.165, 1.54) is 32.2 Å². The molecule has 1 saturated carbocycles. The lowest BCUT2D eigenvalue weighted by Crippen LogP contribution is -2.39. The fourth-order valence-electron chi connectivity index (χ4n) is 3.74. The molecule has 1 heterocycles. The van der Waals surface area contributed by atoms with Gasteiger partial charge in [0.2, 0.25) is 0 Å². The van der Waals surface area contributed by atoms with Gasteiger partial charge in [-0.1, -0.05) is 13.8 Å². The number of aliphatic hydroxyl groups is 1. The lowest BCUT2D eigenvalue weighted by Gasteiger charge is -2.37. The molecule has 94 valence electrons. The van der Waals surface area contributed by atoms with Gasteiger partial charge in [0, 0.05) is 12.6 Å². The molecule has 2 rings (SSSR count). The zero-order chi connectivity index (χ0) is 11.7. The molecular weight excluding hydrogens is 198 g/mol. The maximum atomic E-state index is 9.65. The van der Waals surface area contributed by atoms with Crippen LogP contribution in [-0.4, -0.2) is 35.2 Å². The van der Waals surface area contributed by atoms with Gasteiger partial charge in [0.1, 0.15) is 0 Å². The molecule has 0 spiro atoms. The summed E-state index contributed by atoms with van der Waals surface area (Å²) in [6.07, 6.45) is 5.22. The van der Waals surface area contributed by atoms with Crippen LogP contribution in [0.15, 0.2) is 0 Å². The van der Waals surface area contributed by atoms with Gasteiger partial charge in [0.15, 0.2) is 0 Å². The summed E-state index contributed by atoms with van der Waals surface area (Å²) in [4.78, 5) is 2.64. The van der Waals surface area contributed by atoms with Gasteiger partial charge in [0.25, 0.3) is 0 Å². The van der Waals surface area contributed by atoms with Gasteiger partial charge < -0.3 is 5.11 Å². The minimum atomic E-state index is -0.122. The third-order valence-electron chi connectivity index (χ3n) is 4.61. The Hall–Kier alpha value is -0.0800. The molecule has 2 nitrogen and oxygen atoms in total. The van der Waals surface area contributed by atoms with E-state index in [0.29, 0.717) is 5.92 Å². The Labute approximate surface area is 100 Å². The van der Waals surface area contributed by atoms with Crippen LogP contribution in [0.25, 0.3) is 0 Å². The molecule has 0 radical (unpaired) electrons. The maximum absolute atomic E-state index is 9.65. The molecule has 1 aliphatic carbocycles. The molecule has 0 aromatic carbocycles. The topological polar surface area (TPSA) is 23.5 Å². The van der Waals surface area contributed by atoms with E-state index in [9.17, 15) is 5.11 Å². The van der Waals surface area contributed by atoms with Crippen LogP contribution in [-0.2, 0) is 0 Å². The van der Waals surface area contributed by atoms with Crippen molar-refractivity contribution in [2.24, 2.45) is 17.8 Å². The van der Waals surface area contributed by atoms with E-state index >= 15 is 0 Å². The third-order valence-corrected chi connectivity index (χ3v) is 4.61. The predicted molar refractivity (Wildman–Crippen MR) is 67.3 cm³/mol. The Morgan fingerprint density at radius 1 is 1.12 bits per heavy atom. The van der Waals surface area contributed by atoms with Gasteiger partial charge in [-0.05, 0) is 56.9 Å². The predicted octanol–water partition coefficient (Wildman–Crippen LogP) is 2.51. The van der Waals surface area contributed by atoms with Crippen molar-refractivity contribution < 1.29 is 5.11 Å². The normalized spacial score (nSPS) is 43.5. The van der Waals surface area contributed by atoms with Gasteiger partial charge >= 0.3 is 0 Å². The van der Waals surface area contributed by atoms with Crippen LogP contribution in [0.2, 0.25) is 0 Å². The molecule has 4 atom stereocenters. The van der Waals surface area contributed by atoms with Crippen LogP contribution < -0.4 is 0 Å². The molecule has 1 aliphatic heterocycles. The molecular formula is C14H27NO. The minimum Gasteiger partial charge on any atom is -0.393 e. The Kier molecular flexibility index (Phi) is 3.91. The van der Waals surface area contributed by atoms with Crippen molar-refractivity contribution >= 4 is 0 Å². The van der Waals surface area contributed by atoms with Crippen LogP contribution in [0.4, 0.5) is 0 Å². The van der Waals surface area contributed by atoms with Crippen LogP contribution in [0.1, 0.15) is 46.5 Å². The van der Waals surface area contributed by atoms with Crippen molar-refractivity contribution in [3.8, 4) is 0 Å². The summed E-state index contributed by atoms with van der Waals surface area (Å²) in [6.45, 7) is 9.07. The highest BCUT2D eigenvalue weighted by Gasteiger charge is 2.34. The van der Waals surface area contributed by atoms with Crippen molar-refractivity contribution in [2.75, 3.05) is 13.1 Å². The van der Waals surface area contributed by atoms with Crippen molar-refractivity contribution in [1.82, 2.24) is 4.90 Å². The summed E-state index contributed by atoms with van der Waals surface area (Å²) in [5, 5.41) is 9.65. The molecule has 4 unspecified atom stereocenters. The number of hydrogen-bond acceptors (Lipinski definition) is 2. The molecule has 1 saturated heterocycles. The van der Waals surface area contributed by atoms with Gasteiger partial charge in [-0.2, -0.15) is 0 Å². The first-order valence-electron chi connectivity index (χ1n) is 6.98. The SMILES string of the molecule is CC1CC(C)CC(N2CCC(C(C)O)C2)C1. The molecule has 2 fully saturated rings. The maximum Gasteiger partial charge on any atom is 0.0552 e. The molecule has 0 amide bonds. The van der Waals surface area contributed by atoms with Gasteiger partial charge in [-0.15, -0.1) is 0 Å². The summed E-state index contributed by atoms with van der Waals surface area (Å²) in [6, 6.07) is 0.794. The zero-order valence-electron chi connectivity index (χ0n) is 11.0. The Morgan fingerprint density at radius 3 is 2.25 bits per heavy atom. The van der Waals surface area contributed by atoms with E-state index in [4.69, 9.17) is 0 Å².